The van der Waals surface area contributed by atoms with Crippen LogP contribution < -0.4 is 14.8 Å². The molecule has 2 aliphatic rings. The van der Waals surface area contributed by atoms with E-state index in [1.54, 1.807) is 6.07 Å². The second-order valence-corrected chi connectivity index (χ2v) is 11.3. The molecule has 1 fully saturated rings. The molecule has 1 saturated heterocycles. The monoisotopic (exact) mass is 485 g/mol. The molecule has 1 aromatic carbocycles. The standard InChI is InChI=1S/C20H24ClN3O5S2/c1-14(15-2-3-16-17(12-15)29-11-10-28-16)22-19(25)13-23-6-8-24(9-7-23)31(26,27)20-5-4-18(21)30-20/h2-5,12,14H,6-11,13H2,1H3,(H,22,25)/t14-/m0/s1. The van der Waals surface area contributed by atoms with Gasteiger partial charge in [-0.25, -0.2) is 8.42 Å². The summed E-state index contributed by atoms with van der Waals surface area (Å²) < 4.78 is 38.7. The van der Waals surface area contributed by atoms with E-state index in [2.05, 4.69) is 5.32 Å². The minimum Gasteiger partial charge on any atom is -0.486 e. The van der Waals surface area contributed by atoms with E-state index in [0.29, 0.717) is 55.2 Å². The van der Waals surface area contributed by atoms with Crippen molar-refractivity contribution in [2.45, 2.75) is 17.2 Å². The van der Waals surface area contributed by atoms with E-state index in [-0.39, 0.29) is 22.7 Å². The van der Waals surface area contributed by atoms with Crippen LogP contribution in [0.25, 0.3) is 0 Å². The van der Waals surface area contributed by atoms with Crippen molar-refractivity contribution in [1.29, 1.82) is 0 Å². The van der Waals surface area contributed by atoms with Gasteiger partial charge in [0, 0.05) is 26.2 Å². The van der Waals surface area contributed by atoms with E-state index in [1.807, 2.05) is 30.0 Å². The maximum absolute atomic E-state index is 12.7. The number of nitrogens with zero attached hydrogens (tertiary/aromatic N) is 2. The molecule has 4 rings (SSSR count). The van der Waals surface area contributed by atoms with Gasteiger partial charge in [0.05, 0.1) is 16.9 Å². The summed E-state index contributed by atoms with van der Waals surface area (Å²) in [5.41, 5.74) is 0.933. The van der Waals surface area contributed by atoms with Gasteiger partial charge in [-0.2, -0.15) is 4.31 Å². The summed E-state index contributed by atoms with van der Waals surface area (Å²) in [6.45, 7) is 4.83. The van der Waals surface area contributed by atoms with E-state index >= 15 is 0 Å². The molecule has 0 saturated carbocycles. The van der Waals surface area contributed by atoms with Crippen LogP contribution in [0, 0.1) is 0 Å². The predicted octanol–water partition coefficient (Wildman–Crippen LogP) is 2.36. The predicted molar refractivity (Wildman–Crippen MR) is 119 cm³/mol. The zero-order valence-electron chi connectivity index (χ0n) is 17.0. The molecule has 168 valence electrons. The van der Waals surface area contributed by atoms with Crippen molar-refractivity contribution < 1.29 is 22.7 Å². The molecule has 0 aliphatic carbocycles. The molecule has 0 spiro atoms. The summed E-state index contributed by atoms with van der Waals surface area (Å²) in [6, 6.07) is 8.59. The van der Waals surface area contributed by atoms with Gasteiger partial charge in [0.15, 0.2) is 11.5 Å². The zero-order chi connectivity index (χ0) is 22.0. The van der Waals surface area contributed by atoms with Crippen molar-refractivity contribution >= 4 is 38.9 Å². The van der Waals surface area contributed by atoms with E-state index < -0.39 is 10.0 Å². The molecule has 8 nitrogen and oxygen atoms in total. The number of thiophene rings is 1. The number of fused-ring (bicyclic) bond motifs is 1. The minimum absolute atomic E-state index is 0.108. The summed E-state index contributed by atoms with van der Waals surface area (Å²) >= 11 is 6.93. The third-order valence-electron chi connectivity index (χ3n) is 5.28. The summed E-state index contributed by atoms with van der Waals surface area (Å²) in [5.74, 6) is 1.30. The lowest BCUT2D eigenvalue weighted by Crippen LogP contribution is -2.51. The number of piperazine rings is 1. The Morgan fingerprint density at radius 1 is 1.13 bits per heavy atom. The van der Waals surface area contributed by atoms with Crippen LogP contribution in [0.5, 0.6) is 11.5 Å². The largest absolute Gasteiger partial charge is 0.486 e. The fourth-order valence-electron chi connectivity index (χ4n) is 3.59. The van der Waals surface area contributed by atoms with E-state index in [1.165, 1.54) is 10.4 Å². The molecule has 11 heteroatoms. The van der Waals surface area contributed by atoms with Crippen molar-refractivity contribution in [3.8, 4) is 11.5 Å². The molecule has 0 unspecified atom stereocenters. The summed E-state index contributed by atoms with van der Waals surface area (Å²) in [6.07, 6.45) is 0. The maximum Gasteiger partial charge on any atom is 0.252 e. The van der Waals surface area contributed by atoms with Crippen molar-refractivity contribution in [2.24, 2.45) is 0 Å². The Labute approximate surface area is 190 Å². The molecular formula is C20H24ClN3O5S2. The van der Waals surface area contributed by atoms with Gasteiger partial charge in [-0.15, -0.1) is 11.3 Å². The van der Waals surface area contributed by atoms with Gasteiger partial charge in [0.2, 0.25) is 5.91 Å². The van der Waals surface area contributed by atoms with Crippen LogP contribution in [0.2, 0.25) is 4.34 Å². The average molecular weight is 486 g/mol. The van der Waals surface area contributed by atoms with Crippen LogP contribution in [0.15, 0.2) is 34.5 Å². The number of nitrogens with one attached hydrogen (secondary N) is 1. The zero-order valence-corrected chi connectivity index (χ0v) is 19.4. The Hall–Kier alpha value is -1.85. The Balaban J connectivity index is 1.28. The molecule has 31 heavy (non-hydrogen) atoms. The van der Waals surface area contributed by atoms with Gasteiger partial charge >= 0.3 is 0 Å². The molecule has 1 atom stereocenters. The van der Waals surface area contributed by atoms with Crippen LogP contribution in [-0.4, -0.2) is 69.5 Å². The lowest BCUT2D eigenvalue weighted by Gasteiger charge is -2.33. The highest BCUT2D eigenvalue weighted by Gasteiger charge is 2.30. The number of hydrogen-bond acceptors (Lipinski definition) is 7. The minimum atomic E-state index is -3.54. The third-order valence-corrected chi connectivity index (χ3v) is 8.88. The first-order chi connectivity index (χ1) is 14.8. The Morgan fingerprint density at radius 2 is 1.84 bits per heavy atom. The fourth-order valence-corrected chi connectivity index (χ4v) is 6.65. The molecule has 0 bridgehead atoms. The maximum atomic E-state index is 12.7. The van der Waals surface area contributed by atoms with E-state index in [4.69, 9.17) is 21.1 Å². The van der Waals surface area contributed by atoms with Crippen LogP contribution >= 0.6 is 22.9 Å². The number of hydrogen-bond donors (Lipinski definition) is 1. The molecule has 0 radical (unpaired) electrons. The molecule has 2 aromatic rings. The summed E-state index contributed by atoms with van der Waals surface area (Å²) in [4.78, 5) is 14.5. The van der Waals surface area contributed by atoms with Crippen molar-refractivity contribution in [3.05, 3.63) is 40.2 Å². The number of amides is 1. The Kier molecular flexibility index (Phi) is 6.73. The lowest BCUT2D eigenvalue weighted by molar-refractivity contribution is -0.123. The van der Waals surface area contributed by atoms with Gasteiger partial charge in [-0.3, -0.25) is 9.69 Å². The number of carbonyl (C=O) groups is 1. The number of benzene rings is 1. The molecule has 1 N–H and O–H groups in total. The van der Waals surface area contributed by atoms with Crippen LogP contribution in [0.4, 0.5) is 0 Å². The lowest BCUT2D eigenvalue weighted by atomic mass is 10.1. The Morgan fingerprint density at radius 3 is 2.52 bits per heavy atom. The molecule has 1 amide bonds. The smallest absolute Gasteiger partial charge is 0.252 e. The third kappa shape index (κ3) is 5.15. The number of rotatable bonds is 6. The number of halogens is 1. The van der Waals surface area contributed by atoms with Crippen LogP contribution in [0.3, 0.4) is 0 Å². The van der Waals surface area contributed by atoms with Crippen molar-refractivity contribution in [1.82, 2.24) is 14.5 Å². The first-order valence-electron chi connectivity index (χ1n) is 10.00. The quantitative estimate of drug-likeness (QED) is 0.675. The summed E-state index contributed by atoms with van der Waals surface area (Å²) in [5, 5.41) is 3.00. The number of carbonyl (C=O) groups excluding carboxylic acids is 1. The second kappa shape index (κ2) is 9.33. The SMILES string of the molecule is C[C@H](NC(=O)CN1CCN(S(=O)(=O)c2ccc(Cl)s2)CC1)c1ccc2c(c1)OCCO2. The van der Waals surface area contributed by atoms with Gasteiger partial charge in [0.25, 0.3) is 10.0 Å². The first-order valence-corrected chi connectivity index (χ1v) is 12.6. The van der Waals surface area contributed by atoms with Gasteiger partial charge < -0.3 is 14.8 Å². The van der Waals surface area contributed by atoms with Gasteiger partial charge in [-0.1, -0.05) is 17.7 Å². The molecule has 2 aliphatic heterocycles. The normalized spacial score (nSPS) is 18.5. The van der Waals surface area contributed by atoms with E-state index in [0.717, 1.165) is 16.9 Å². The Bertz CT molecular complexity index is 1050. The van der Waals surface area contributed by atoms with Crippen molar-refractivity contribution in [2.75, 3.05) is 45.9 Å². The highest BCUT2D eigenvalue weighted by molar-refractivity contribution is 7.91. The molecule has 3 heterocycles. The highest BCUT2D eigenvalue weighted by atomic mass is 35.5. The highest BCUT2D eigenvalue weighted by Crippen LogP contribution is 2.32. The second-order valence-electron chi connectivity index (χ2n) is 7.43. The summed E-state index contributed by atoms with van der Waals surface area (Å²) in [7, 11) is -3.54. The van der Waals surface area contributed by atoms with Crippen LogP contribution in [0.1, 0.15) is 18.5 Å². The number of ether oxygens (including phenoxy) is 2. The molecular weight excluding hydrogens is 462 g/mol. The van der Waals surface area contributed by atoms with Crippen molar-refractivity contribution in [3.63, 3.8) is 0 Å². The first kappa shape index (κ1) is 22.3. The fraction of sp³-hybridized carbons (Fsp3) is 0.450. The molecule has 1 aromatic heterocycles. The average Bonchev–Trinajstić information content (AvgIpc) is 3.21. The van der Waals surface area contributed by atoms with Crippen LogP contribution in [-0.2, 0) is 14.8 Å². The van der Waals surface area contributed by atoms with Gasteiger partial charge in [0.1, 0.15) is 17.4 Å². The topological polar surface area (TPSA) is 88.2 Å². The van der Waals surface area contributed by atoms with E-state index in [9.17, 15) is 13.2 Å². The van der Waals surface area contributed by atoms with Gasteiger partial charge in [-0.05, 0) is 36.8 Å². The number of sulfonamides is 1.